The molecule has 1 aliphatic rings. The molecule has 1 aliphatic heterocycles. The van der Waals surface area contributed by atoms with Crippen LogP contribution in [-0.4, -0.2) is 55.0 Å². The van der Waals surface area contributed by atoms with E-state index in [1.807, 2.05) is 6.20 Å². The van der Waals surface area contributed by atoms with Crippen LogP contribution >= 0.6 is 0 Å². The lowest BCUT2D eigenvalue weighted by atomic mass is 10.0. The monoisotopic (exact) mass is 552 g/mol. The van der Waals surface area contributed by atoms with E-state index in [0.717, 1.165) is 35.9 Å². The number of hydrogen-bond donors (Lipinski definition) is 2. The number of hydrogen-bond acceptors (Lipinski definition) is 6. The molecule has 0 saturated carbocycles. The van der Waals surface area contributed by atoms with Gasteiger partial charge in [-0.3, -0.25) is 19.5 Å². The Hall–Kier alpha value is -3.48. The Balaban J connectivity index is 1.49. The van der Waals surface area contributed by atoms with Crippen molar-refractivity contribution in [2.75, 3.05) is 11.4 Å². The third kappa shape index (κ3) is 7.34. The van der Waals surface area contributed by atoms with E-state index < -0.39 is 29.2 Å². The number of carbonyl (C=O) groups is 3. The summed E-state index contributed by atoms with van der Waals surface area (Å²) in [5.74, 6) is -0.952. The Morgan fingerprint density at radius 2 is 1.74 bits per heavy atom. The van der Waals surface area contributed by atoms with Gasteiger partial charge in [0.05, 0.1) is 16.9 Å². The molecule has 1 aromatic heterocycles. The first-order chi connectivity index (χ1) is 18.4. The number of aromatic nitrogens is 3. The molecule has 0 unspecified atom stereocenters. The highest BCUT2D eigenvalue weighted by molar-refractivity contribution is 6.23. The first kappa shape index (κ1) is 30.1. The molecule has 1 aromatic carbocycles. The Labute approximate surface area is 225 Å². The van der Waals surface area contributed by atoms with E-state index in [0.29, 0.717) is 38.6 Å². The average Bonchev–Trinajstić information content (AvgIpc) is 3.39. The smallest absolute Gasteiger partial charge is 0.310 e. The van der Waals surface area contributed by atoms with Crippen molar-refractivity contribution in [1.29, 1.82) is 0 Å². The number of nitrogens with one attached hydrogen (secondary N) is 1. The van der Waals surface area contributed by atoms with Gasteiger partial charge in [0.25, 0.3) is 5.91 Å². The first-order valence-electron chi connectivity index (χ1n) is 13.0. The van der Waals surface area contributed by atoms with Crippen LogP contribution in [0.3, 0.4) is 0 Å². The van der Waals surface area contributed by atoms with Crippen LogP contribution in [0.15, 0.2) is 24.4 Å². The zero-order valence-electron chi connectivity index (χ0n) is 22.4. The number of urea groups is 1. The van der Waals surface area contributed by atoms with Gasteiger partial charge >= 0.3 is 12.2 Å². The molecule has 4 amide bonds. The number of hydroxylamine groups is 1. The molecule has 1 fully saturated rings. The van der Waals surface area contributed by atoms with Crippen molar-refractivity contribution in [2.45, 2.75) is 90.4 Å². The average molecular weight is 553 g/mol. The van der Waals surface area contributed by atoms with Gasteiger partial charge in [0.2, 0.25) is 5.91 Å². The number of rotatable bonds is 13. The van der Waals surface area contributed by atoms with Crippen molar-refractivity contribution in [2.24, 2.45) is 0 Å². The number of benzene rings is 1. The Morgan fingerprint density at radius 3 is 2.44 bits per heavy atom. The summed E-state index contributed by atoms with van der Waals surface area (Å²) >= 11 is 0. The summed E-state index contributed by atoms with van der Waals surface area (Å²) in [6.45, 7) is 5.50. The van der Waals surface area contributed by atoms with Crippen LogP contribution in [0.2, 0.25) is 0 Å². The molecule has 1 saturated heterocycles. The zero-order chi connectivity index (χ0) is 28.8. The van der Waals surface area contributed by atoms with Crippen LogP contribution in [0.5, 0.6) is 0 Å². The predicted octanol–water partition coefficient (Wildman–Crippen LogP) is 4.63. The zero-order valence-corrected chi connectivity index (χ0v) is 22.4. The van der Waals surface area contributed by atoms with Gasteiger partial charge < -0.3 is 4.90 Å². The number of halogens is 3. The lowest BCUT2D eigenvalue weighted by Crippen LogP contribution is -2.44. The fourth-order valence-corrected chi connectivity index (χ4v) is 4.60. The molecule has 39 heavy (non-hydrogen) atoms. The minimum Gasteiger partial charge on any atom is -0.310 e. The largest absolute Gasteiger partial charge is 0.416 e. The van der Waals surface area contributed by atoms with Gasteiger partial charge in [-0.1, -0.05) is 24.1 Å². The van der Waals surface area contributed by atoms with Gasteiger partial charge in [-0.2, -0.15) is 13.2 Å². The number of nitrogens with zero attached hydrogens (tertiary/aromatic N) is 5. The highest BCUT2D eigenvalue weighted by atomic mass is 19.4. The van der Waals surface area contributed by atoms with Crippen molar-refractivity contribution in [1.82, 2.24) is 25.4 Å². The summed E-state index contributed by atoms with van der Waals surface area (Å²) in [6, 6.07) is 2.84. The highest BCUT2D eigenvalue weighted by Crippen LogP contribution is 2.37. The minimum atomic E-state index is -4.59. The van der Waals surface area contributed by atoms with E-state index in [1.54, 1.807) is 24.0 Å². The Bertz CT molecular complexity index is 1180. The van der Waals surface area contributed by atoms with E-state index in [-0.39, 0.29) is 23.7 Å². The van der Waals surface area contributed by atoms with Gasteiger partial charge in [-0.15, -0.1) is 5.10 Å². The van der Waals surface area contributed by atoms with Crippen molar-refractivity contribution in [3.05, 3.63) is 41.2 Å². The van der Waals surface area contributed by atoms with Crippen LogP contribution in [0.25, 0.3) is 0 Å². The quantitative estimate of drug-likeness (QED) is 0.162. The van der Waals surface area contributed by atoms with Gasteiger partial charge in [-0.05, 0) is 70.6 Å². The van der Waals surface area contributed by atoms with Gasteiger partial charge in [0.15, 0.2) is 0 Å². The van der Waals surface area contributed by atoms with E-state index in [4.69, 9.17) is 5.21 Å². The van der Waals surface area contributed by atoms with Crippen LogP contribution in [-0.2, 0) is 28.7 Å². The van der Waals surface area contributed by atoms with Crippen molar-refractivity contribution in [3.63, 3.8) is 0 Å². The number of aryl methyl sites for hydroxylation is 3. The standard InChI is InChI=1S/C26H35F3N6O4/c1-18-12-13-20(16-21(18)26(27,28)29)35-23(37)25(2,3)34(24(35)38)15-9-7-10-19-17-33(32-30-19)14-8-5-4-6-11-22(36)31-39/h12-13,16-17,39H,4-11,14-15H2,1-3H3,(H,31,36). The van der Waals surface area contributed by atoms with E-state index in [2.05, 4.69) is 10.3 Å². The lowest BCUT2D eigenvalue weighted by molar-refractivity contribution is -0.138. The molecule has 0 radical (unpaired) electrons. The minimum absolute atomic E-state index is 0.0168. The summed E-state index contributed by atoms with van der Waals surface area (Å²) in [5.41, 5.74) is 0.276. The maximum absolute atomic E-state index is 13.4. The van der Waals surface area contributed by atoms with E-state index >= 15 is 0 Å². The van der Waals surface area contributed by atoms with Crippen molar-refractivity contribution in [3.8, 4) is 0 Å². The van der Waals surface area contributed by atoms with E-state index in [1.165, 1.54) is 24.0 Å². The third-order valence-electron chi connectivity index (χ3n) is 6.92. The summed E-state index contributed by atoms with van der Waals surface area (Å²) in [4.78, 5) is 39.5. The lowest BCUT2D eigenvalue weighted by Gasteiger charge is -2.27. The second-order valence-corrected chi connectivity index (χ2v) is 10.3. The fourth-order valence-electron chi connectivity index (χ4n) is 4.60. The van der Waals surface area contributed by atoms with Crippen LogP contribution in [0.1, 0.15) is 75.6 Å². The molecule has 3 rings (SSSR count). The molecule has 0 aliphatic carbocycles. The van der Waals surface area contributed by atoms with Gasteiger partial charge in [0, 0.05) is 25.7 Å². The number of unbranched alkanes of at least 4 members (excludes halogenated alkanes) is 4. The summed E-state index contributed by atoms with van der Waals surface area (Å²) in [7, 11) is 0. The van der Waals surface area contributed by atoms with E-state index in [9.17, 15) is 27.6 Å². The van der Waals surface area contributed by atoms with Crippen LogP contribution < -0.4 is 10.4 Å². The number of alkyl halides is 3. The van der Waals surface area contributed by atoms with Crippen molar-refractivity contribution >= 4 is 23.5 Å². The summed E-state index contributed by atoms with van der Waals surface area (Å²) in [5, 5.41) is 16.8. The van der Waals surface area contributed by atoms with Crippen LogP contribution in [0.4, 0.5) is 23.7 Å². The van der Waals surface area contributed by atoms with Crippen LogP contribution in [0, 0.1) is 6.92 Å². The topological polar surface area (TPSA) is 121 Å². The molecule has 0 spiro atoms. The Morgan fingerprint density at radius 1 is 1.05 bits per heavy atom. The normalized spacial score (nSPS) is 15.4. The maximum atomic E-state index is 13.4. The fraction of sp³-hybridized carbons (Fsp3) is 0.577. The number of imide groups is 1. The SMILES string of the molecule is Cc1ccc(N2C(=O)N(CCCCc3cn(CCCCCCC(=O)NO)nn3)C(C)(C)C2=O)cc1C(F)(F)F. The van der Waals surface area contributed by atoms with Gasteiger partial charge in [0.1, 0.15) is 5.54 Å². The molecule has 2 aromatic rings. The summed E-state index contributed by atoms with van der Waals surface area (Å²) in [6.07, 6.45) is 2.82. The molecule has 13 heteroatoms. The molecule has 2 heterocycles. The molecule has 0 bridgehead atoms. The second kappa shape index (κ2) is 12.6. The highest BCUT2D eigenvalue weighted by Gasteiger charge is 2.51. The number of anilines is 1. The number of carbonyl (C=O) groups excluding carboxylic acids is 3. The summed E-state index contributed by atoms with van der Waals surface area (Å²) < 4.78 is 42.0. The Kier molecular flexibility index (Phi) is 9.70. The number of amides is 4. The van der Waals surface area contributed by atoms with Crippen molar-refractivity contribution < 1.29 is 32.8 Å². The molecular formula is C26H35F3N6O4. The molecule has 2 N–H and O–H groups in total. The van der Waals surface area contributed by atoms with Gasteiger partial charge in [-0.25, -0.2) is 15.2 Å². The molecular weight excluding hydrogens is 517 g/mol. The third-order valence-corrected chi connectivity index (χ3v) is 6.92. The molecule has 0 atom stereocenters. The molecule has 214 valence electrons. The predicted molar refractivity (Wildman–Crippen MR) is 136 cm³/mol. The second-order valence-electron chi connectivity index (χ2n) is 10.3. The molecule has 10 nitrogen and oxygen atoms in total. The maximum Gasteiger partial charge on any atom is 0.416 e. The first-order valence-corrected chi connectivity index (χ1v) is 13.0.